The quantitative estimate of drug-likeness (QED) is 0.134. The molecule has 0 unspecified atom stereocenters. The van der Waals surface area contributed by atoms with Gasteiger partial charge >= 0.3 is 0 Å². The van der Waals surface area contributed by atoms with Crippen molar-refractivity contribution in [3.63, 3.8) is 0 Å². The van der Waals surface area contributed by atoms with Crippen LogP contribution in [-0.4, -0.2) is 60.7 Å². The Hall–Kier alpha value is -4.77. The van der Waals surface area contributed by atoms with Crippen molar-refractivity contribution in [3.05, 3.63) is 99.9 Å². The van der Waals surface area contributed by atoms with Gasteiger partial charge < -0.3 is 9.64 Å². The highest BCUT2D eigenvalue weighted by atomic mass is 35.5. The van der Waals surface area contributed by atoms with E-state index in [1.54, 1.807) is 18.2 Å². The van der Waals surface area contributed by atoms with Crippen LogP contribution in [-0.2, 0) is 22.4 Å². The Morgan fingerprint density at radius 3 is 2.65 bits per heavy atom. The van der Waals surface area contributed by atoms with E-state index >= 15 is 4.39 Å². The molecule has 1 atom stereocenters. The number of amides is 1. The number of nitrogens with zero attached hydrogens (tertiary/aromatic N) is 6. The minimum Gasteiger partial charge on any atom is -0.493 e. The first-order valence-electron chi connectivity index (χ1n) is 16.2. The Morgan fingerprint density at radius 1 is 1.08 bits per heavy atom. The number of fused-ring (bicyclic) bond motifs is 1. The zero-order valence-electron chi connectivity index (χ0n) is 26.6. The molecule has 248 valence electrons. The maximum atomic E-state index is 15.2. The summed E-state index contributed by atoms with van der Waals surface area (Å²) < 4.78 is 22.8. The second-order valence-corrected chi connectivity index (χ2v) is 12.7. The zero-order valence-corrected chi connectivity index (χ0v) is 27.4. The maximum Gasteiger partial charge on any atom is 0.247 e. The number of rotatable bonds is 11. The number of carbonyl (C=O) groups excluding carboxylic acids is 3. The molecule has 2 aliphatic rings. The molecule has 1 fully saturated rings. The van der Waals surface area contributed by atoms with E-state index < -0.39 is 17.8 Å². The maximum absolute atomic E-state index is 15.2. The average molecular weight is 671 g/mol. The van der Waals surface area contributed by atoms with Gasteiger partial charge in [-0.1, -0.05) is 55.8 Å². The fourth-order valence-electron chi connectivity index (χ4n) is 6.62. The number of halogens is 2. The number of Topliss-reactive ketones (excluding diaryl/α,β-unsaturated/α-hetero) is 2. The molecular weight excluding hydrogens is 635 g/mol. The van der Waals surface area contributed by atoms with E-state index in [-0.39, 0.29) is 40.8 Å². The summed E-state index contributed by atoms with van der Waals surface area (Å²) in [6.45, 7) is 2.28. The largest absolute Gasteiger partial charge is 0.493 e. The third-order valence-electron chi connectivity index (χ3n) is 9.16. The highest BCUT2D eigenvalue weighted by molar-refractivity contribution is 6.31. The number of ether oxygens (including phenoxy) is 1. The van der Waals surface area contributed by atoms with Crippen LogP contribution in [0.4, 0.5) is 4.39 Å². The molecule has 10 nitrogen and oxygen atoms in total. The van der Waals surface area contributed by atoms with Crippen molar-refractivity contribution in [1.82, 2.24) is 30.1 Å². The molecule has 0 radical (unpaired) electrons. The Morgan fingerprint density at radius 2 is 1.92 bits per heavy atom. The predicted molar refractivity (Wildman–Crippen MR) is 177 cm³/mol. The number of ketones is 2. The van der Waals surface area contributed by atoms with Crippen LogP contribution in [0.3, 0.4) is 0 Å². The summed E-state index contributed by atoms with van der Waals surface area (Å²) in [6, 6.07) is 10.9. The summed E-state index contributed by atoms with van der Waals surface area (Å²) in [5.74, 6) is -0.200. The third kappa shape index (κ3) is 7.36. The van der Waals surface area contributed by atoms with Crippen molar-refractivity contribution < 1.29 is 23.5 Å². The number of hydrogen-bond donors (Lipinski definition) is 0. The van der Waals surface area contributed by atoms with Gasteiger partial charge in [-0.15, -0.1) is 5.10 Å². The molecule has 6 rings (SSSR count). The number of carbonyl (C=O) groups is 3. The van der Waals surface area contributed by atoms with Crippen LogP contribution < -0.4 is 4.74 Å². The highest BCUT2D eigenvalue weighted by Gasteiger charge is 2.36. The van der Waals surface area contributed by atoms with Gasteiger partial charge in [-0.2, -0.15) is 4.68 Å². The number of tetrazole rings is 1. The number of hydrogen-bond acceptors (Lipinski definition) is 8. The zero-order chi connectivity index (χ0) is 33.6. The highest BCUT2D eigenvalue weighted by Crippen LogP contribution is 2.37. The summed E-state index contributed by atoms with van der Waals surface area (Å²) in [6.07, 6.45) is 13.0. The van der Waals surface area contributed by atoms with Crippen molar-refractivity contribution in [2.24, 2.45) is 5.92 Å². The molecule has 1 saturated carbocycles. The summed E-state index contributed by atoms with van der Waals surface area (Å²) >= 11 is 6.08. The van der Waals surface area contributed by atoms with Crippen LogP contribution in [0.1, 0.15) is 84.2 Å². The van der Waals surface area contributed by atoms with E-state index in [0.717, 1.165) is 17.7 Å². The fourth-order valence-corrected chi connectivity index (χ4v) is 6.78. The summed E-state index contributed by atoms with van der Waals surface area (Å²) in [5.41, 5.74) is 2.82. The molecule has 2 aromatic heterocycles. The molecule has 1 amide bonds. The van der Waals surface area contributed by atoms with Crippen molar-refractivity contribution in [2.45, 2.75) is 64.3 Å². The van der Waals surface area contributed by atoms with Crippen LogP contribution >= 0.6 is 11.6 Å². The van der Waals surface area contributed by atoms with E-state index in [1.807, 2.05) is 18.2 Å². The molecular formula is C36H36ClFN6O4. The minimum atomic E-state index is -0.940. The van der Waals surface area contributed by atoms with Crippen LogP contribution in [0, 0.1) is 11.7 Å². The van der Waals surface area contributed by atoms with E-state index in [0.29, 0.717) is 35.8 Å². The molecule has 2 aromatic carbocycles. The molecule has 3 heterocycles. The first-order chi connectivity index (χ1) is 23.3. The number of pyridine rings is 1. The van der Waals surface area contributed by atoms with E-state index in [4.69, 9.17) is 16.3 Å². The van der Waals surface area contributed by atoms with Gasteiger partial charge in [0.25, 0.3) is 0 Å². The molecule has 0 bridgehead atoms. The standard InChI is InChI=1S/C36H36ClFN6O4/c1-23(45)25-10-11-26(39-21-25)20-32(46)36-28-8-5-9-33(48-19-17-24-6-3-2-4-7-24)27(28)16-18-43(36)34(47)15-12-29-31(44-22-40-41-42-44)14-13-30(37)35(29)38/h5,8-15,21-22,24,36H,2-4,6-7,16-20H2,1H3/b15-12+/t36-/m0/s1. The minimum absolute atomic E-state index is 0.0202. The lowest BCUT2D eigenvalue weighted by molar-refractivity contribution is -0.136. The van der Waals surface area contributed by atoms with Gasteiger partial charge in [0, 0.05) is 41.2 Å². The van der Waals surface area contributed by atoms with Gasteiger partial charge in [0.1, 0.15) is 18.1 Å². The van der Waals surface area contributed by atoms with Crippen LogP contribution in [0.15, 0.2) is 61.1 Å². The van der Waals surface area contributed by atoms with Gasteiger partial charge in [-0.3, -0.25) is 19.4 Å². The van der Waals surface area contributed by atoms with Crippen molar-refractivity contribution in [1.29, 1.82) is 0 Å². The summed E-state index contributed by atoms with van der Waals surface area (Å²) in [5, 5.41) is 10.9. The van der Waals surface area contributed by atoms with Crippen molar-refractivity contribution in [3.8, 4) is 11.4 Å². The molecule has 0 spiro atoms. The predicted octanol–water partition coefficient (Wildman–Crippen LogP) is 6.35. The SMILES string of the molecule is CC(=O)c1ccc(CC(=O)[C@@H]2c3cccc(OCCC4CCCCC4)c3CCN2C(=O)/C=C/c2c(-n3cnnn3)ccc(Cl)c2F)nc1. The Bertz CT molecular complexity index is 1820. The number of benzene rings is 2. The summed E-state index contributed by atoms with van der Waals surface area (Å²) in [7, 11) is 0. The van der Waals surface area contributed by atoms with Crippen LogP contribution in [0.25, 0.3) is 11.8 Å². The Labute approximate surface area is 283 Å². The number of aromatic nitrogens is 5. The fraction of sp³-hybridized carbons (Fsp3) is 0.361. The lowest BCUT2D eigenvalue weighted by Gasteiger charge is -2.36. The van der Waals surface area contributed by atoms with Gasteiger partial charge in [0.15, 0.2) is 17.4 Å². The monoisotopic (exact) mass is 670 g/mol. The van der Waals surface area contributed by atoms with Crippen molar-refractivity contribution in [2.75, 3.05) is 13.2 Å². The van der Waals surface area contributed by atoms with Gasteiger partial charge in [0.05, 0.1) is 23.7 Å². The molecule has 48 heavy (non-hydrogen) atoms. The molecule has 4 aromatic rings. The topological polar surface area (TPSA) is 120 Å². The second-order valence-electron chi connectivity index (χ2n) is 12.3. The van der Waals surface area contributed by atoms with Crippen molar-refractivity contribution >= 4 is 35.2 Å². The molecule has 0 N–H and O–H groups in total. The summed E-state index contributed by atoms with van der Waals surface area (Å²) in [4.78, 5) is 45.6. The van der Waals surface area contributed by atoms with Crippen LogP contribution in [0.5, 0.6) is 5.75 Å². The normalized spacial score (nSPS) is 16.6. The van der Waals surface area contributed by atoms with E-state index in [2.05, 4.69) is 20.5 Å². The third-order valence-corrected chi connectivity index (χ3v) is 9.45. The van der Waals surface area contributed by atoms with Crippen LogP contribution in [0.2, 0.25) is 5.02 Å². The second kappa shape index (κ2) is 15.0. The lowest BCUT2D eigenvalue weighted by atomic mass is 9.87. The smallest absolute Gasteiger partial charge is 0.247 e. The Balaban J connectivity index is 1.29. The molecule has 12 heteroatoms. The van der Waals surface area contributed by atoms with E-state index in [1.165, 1.54) is 79.4 Å². The Kier molecular flexibility index (Phi) is 10.3. The first kappa shape index (κ1) is 33.1. The lowest BCUT2D eigenvalue weighted by Crippen LogP contribution is -2.43. The molecule has 1 aliphatic heterocycles. The van der Waals surface area contributed by atoms with Gasteiger partial charge in [-0.05, 0) is 78.1 Å². The van der Waals surface area contributed by atoms with E-state index in [9.17, 15) is 14.4 Å². The molecule has 0 saturated heterocycles. The average Bonchev–Trinajstić information content (AvgIpc) is 3.64. The molecule has 1 aliphatic carbocycles. The van der Waals surface area contributed by atoms with Gasteiger partial charge in [-0.25, -0.2) is 4.39 Å². The van der Waals surface area contributed by atoms with Gasteiger partial charge in [0.2, 0.25) is 5.91 Å². The first-order valence-corrected chi connectivity index (χ1v) is 16.6.